The molecular formula is C16H26N2. The van der Waals surface area contributed by atoms with Crippen LogP contribution in [0.5, 0.6) is 0 Å². The van der Waals surface area contributed by atoms with E-state index in [2.05, 4.69) is 62.2 Å². The number of nitrogens with zero attached hydrogens (tertiary/aromatic N) is 1. The van der Waals surface area contributed by atoms with Crippen LogP contribution in [0.3, 0.4) is 0 Å². The van der Waals surface area contributed by atoms with Crippen molar-refractivity contribution >= 4 is 5.69 Å². The molecule has 0 saturated carbocycles. The zero-order valence-corrected chi connectivity index (χ0v) is 12.1. The number of piperazine rings is 1. The van der Waals surface area contributed by atoms with Crippen LogP contribution < -0.4 is 10.2 Å². The van der Waals surface area contributed by atoms with Gasteiger partial charge in [-0.15, -0.1) is 0 Å². The molecule has 2 atom stereocenters. The molecule has 0 bridgehead atoms. The number of benzene rings is 1. The van der Waals surface area contributed by atoms with Crippen molar-refractivity contribution in [2.45, 2.75) is 46.2 Å². The summed E-state index contributed by atoms with van der Waals surface area (Å²) in [4.78, 5) is 2.59. The number of hydrogen-bond acceptors (Lipinski definition) is 2. The lowest BCUT2D eigenvalue weighted by atomic mass is 9.97. The van der Waals surface area contributed by atoms with E-state index in [9.17, 15) is 0 Å². The third kappa shape index (κ3) is 2.86. The van der Waals surface area contributed by atoms with Crippen molar-refractivity contribution in [1.29, 1.82) is 0 Å². The van der Waals surface area contributed by atoms with Crippen LogP contribution >= 0.6 is 0 Å². The Balaban J connectivity index is 2.25. The molecular weight excluding hydrogens is 220 g/mol. The van der Waals surface area contributed by atoms with Crippen molar-refractivity contribution in [2.24, 2.45) is 5.92 Å². The molecule has 2 heteroatoms. The molecule has 1 aliphatic rings. The van der Waals surface area contributed by atoms with Crippen molar-refractivity contribution in [3.8, 4) is 0 Å². The van der Waals surface area contributed by atoms with Gasteiger partial charge in [-0.25, -0.2) is 0 Å². The second-order valence-corrected chi connectivity index (χ2v) is 5.80. The Labute approximate surface area is 111 Å². The van der Waals surface area contributed by atoms with Gasteiger partial charge in [0.1, 0.15) is 0 Å². The fourth-order valence-corrected chi connectivity index (χ4v) is 2.77. The molecule has 1 saturated heterocycles. The lowest BCUT2D eigenvalue weighted by molar-refractivity contribution is 0.349. The monoisotopic (exact) mass is 246 g/mol. The van der Waals surface area contributed by atoms with Gasteiger partial charge < -0.3 is 10.2 Å². The van der Waals surface area contributed by atoms with Crippen LogP contribution in [0.15, 0.2) is 24.3 Å². The molecule has 1 aliphatic heterocycles. The van der Waals surface area contributed by atoms with E-state index in [0.29, 0.717) is 18.0 Å². The molecule has 0 aliphatic carbocycles. The summed E-state index contributed by atoms with van der Waals surface area (Å²) < 4.78 is 0. The molecule has 1 aromatic carbocycles. The van der Waals surface area contributed by atoms with Crippen molar-refractivity contribution in [2.75, 3.05) is 18.0 Å². The van der Waals surface area contributed by atoms with Crippen LogP contribution in [0, 0.1) is 5.92 Å². The number of nitrogens with one attached hydrogen (secondary N) is 1. The fourth-order valence-electron chi connectivity index (χ4n) is 2.77. The lowest BCUT2D eigenvalue weighted by Gasteiger charge is -2.43. The van der Waals surface area contributed by atoms with Crippen molar-refractivity contribution in [1.82, 2.24) is 5.32 Å². The molecule has 1 N–H and O–H groups in total. The first kappa shape index (κ1) is 13.4. The summed E-state index contributed by atoms with van der Waals surface area (Å²) in [7, 11) is 0. The minimum Gasteiger partial charge on any atom is -0.365 e. The number of aryl methyl sites for hydroxylation is 1. The highest BCUT2D eigenvalue weighted by molar-refractivity contribution is 5.50. The van der Waals surface area contributed by atoms with Gasteiger partial charge in [0.25, 0.3) is 0 Å². The van der Waals surface area contributed by atoms with Gasteiger partial charge in [-0.1, -0.05) is 32.9 Å². The fraction of sp³-hybridized carbons (Fsp3) is 0.625. The molecule has 1 heterocycles. The first-order valence-electron chi connectivity index (χ1n) is 7.20. The standard InChI is InChI=1S/C16H26N2/c1-5-14-7-6-8-15(9-14)18-11-13(4)17-10-16(18)12(2)3/h6-9,12-13,16-17H,5,10-11H2,1-4H3. The summed E-state index contributed by atoms with van der Waals surface area (Å²) in [6, 6.07) is 10.2. The topological polar surface area (TPSA) is 15.3 Å². The first-order valence-corrected chi connectivity index (χ1v) is 7.20. The second-order valence-electron chi connectivity index (χ2n) is 5.80. The summed E-state index contributed by atoms with van der Waals surface area (Å²) in [6.45, 7) is 11.3. The maximum atomic E-state index is 3.60. The number of rotatable bonds is 3. The SMILES string of the molecule is CCc1cccc(N2CC(C)NCC2C(C)C)c1. The lowest BCUT2D eigenvalue weighted by Crippen LogP contribution is -2.57. The highest BCUT2D eigenvalue weighted by Gasteiger charge is 2.28. The zero-order chi connectivity index (χ0) is 13.1. The Kier molecular flexibility index (Phi) is 4.28. The maximum absolute atomic E-state index is 3.60. The predicted molar refractivity (Wildman–Crippen MR) is 79.3 cm³/mol. The average Bonchev–Trinajstić information content (AvgIpc) is 2.38. The Morgan fingerprint density at radius 1 is 1.39 bits per heavy atom. The third-order valence-corrected chi connectivity index (χ3v) is 3.97. The van der Waals surface area contributed by atoms with Gasteiger partial charge in [0.05, 0.1) is 0 Å². The van der Waals surface area contributed by atoms with Gasteiger partial charge in [-0.3, -0.25) is 0 Å². The van der Waals surface area contributed by atoms with E-state index in [1.807, 2.05) is 0 Å². The highest BCUT2D eigenvalue weighted by atomic mass is 15.2. The summed E-state index contributed by atoms with van der Waals surface area (Å²) in [5.41, 5.74) is 2.82. The largest absolute Gasteiger partial charge is 0.365 e. The van der Waals surface area contributed by atoms with Gasteiger partial charge in [0.15, 0.2) is 0 Å². The van der Waals surface area contributed by atoms with Crippen molar-refractivity contribution in [3.63, 3.8) is 0 Å². The Bertz CT molecular complexity index is 386. The highest BCUT2D eigenvalue weighted by Crippen LogP contribution is 2.24. The minimum absolute atomic E-state index is 0.574. The van der Waals surface area contributed by atoms with Crippen LogP contribution in [0.1, 0.15) is 33.3 Å². The maximum Gasteiger partial charge on any atom is 0.0438 e. The summed E-state index contributed by atoms with van der Waals surface area (Å²) >= 11 is 0. The third-order valence-electron chi connectivity index (χ3n) is 3.97. The summed E-state index contributed by atoms with van der Waals surface area (Å²) in [6.07, 6.45) is 1.11. The van der Waals surface area contributed by atoms with E-state index in [1.54, 1.807) is 0 Å². The predicted octanol–water partition coefficient (Wildman–Crippen LogP) is 3.07. The van der Waals surface area contributed by atoms with E-state index < -0.39 is 0 Å². The smallest absolute Gasteiger partial charge is 0.0438 e. The molecule has 1 fully saturated rings. The summed E-state index contributed by atoms with van der Waals surface area (Å²) in [5.74, 6) is 0.676. The summed E-state index contributed by atoms with van der Waals surface area (Å²) in [5, 5.41) is 3.60. The molecule has 0 aromatic heterocycles. The molecule has 2 unspecified atom stereocenters. The Morgan fingerprint density at radius 3 is 2.83 bits per heavy atom. The first-order chi connectivity index (χ1) is 8.61. The molecule has 0 spiro atoms. The number of hydrogen-bond donors (Lipinski definition) is 1. The molecule has 18 heavy (non-hydrogen) atoms. The van der Waals surface area contributed by atoms with Crippen LogP contribution in [0.4, 0.5) is 5.69 Å². The van der Waals surface area contributed by atoms with E-state index in [1.165, 1.54) is 11.3 Å². The second kappa shape index (κ2) is 5.75. The van der Waals surface area contributed by atoms with E-state index >= 15 is 0 Å². The molecule has 0 amide bonds. The molecule has 2 nitrogen and oxygen atoms in total. The molecule has 100 valence electrons. The van der Waals surface area contributed by atoms with Gasteiger partial charge in [-0.2, -0.15) is 0 Å². The van der Waals surface area contributed by atoms with Crippen LogP contribution in [-0.2, 0) is 6.42 Å². The van der Waals surface area contributed by atoms with Crippen LogP contribution in [-0.4, -0.2) is 25.2 Å². The average molecular weight is 246 g/mol. The van der Waals surface area contributed by atoms with E-state index in [4.69, 9.17) is 0 Å². The van der Waals surface area contributed by atoms with Gasteiger partial charge in [0.2, 0.25) is 0 Å². The van der Waals surface area contributed by atoms with E-state index in [-0.39, 0.29) is 0 Å². The molecule has 1 aromatic rings. The van der Waals surface area contributed by atoms with Gasteiger partial charge in [0, 0.05) is 30.9 Å². The van der Waals surface area contributed by atoms with E-state index in [0.717, 1.165) is 19.5 Å². The van der Waals surface area contributed by atoms with Gasteiger partial charge >= 0.3 is 0 Å². The van der Waals surface area contributed by atoms with Gasteiger partial charge in [-0.05, 0) is 37.0 Å². The van der Waals surface area contributed by atoms with Crippen molar-refractivity contribution in [3.05, 3.63) is 29.8 Å². The minimum atomic E-state index is 0.574. The normalized spacial score (nSPS) is 24.6. The Hall–Kier alpha value is -1.02. The zero-order valence-electron chi connectivity index (χ0n) is 12.1. The van der Waals surface area contributed by atoms with Crippen LogP contribution in [0.25, 0.3) is 0 Å². The van der Waals surface area contributed by atoms with Crippen molar-refractivity contribution < 1.29 is 0 Å². The quantitative estimate of drug-likeness (QED) is 0.882. The molecule has 0 radical (unpaired) electrons. The van der Waals surface area contributed by atoms with Crippen LogP contribution in [0.2, 0.25) is 0 Å². The molecule has 2 rings (SSSR count). The number of anilines is 1. The Morgan fingerprint density at radius 2 is 2.17 bits per heavy atom.